The summed E-state index contributed by atoms with van der Waals surface area (Å²) in [5.41, 5.74) is 3.29. The molecule has 0 bridgehead atoms. The van der Waals surface area contributed by atoms with Crippen LogP contribution >= 0.6 is 22.6 Å². The van der Waals surface area contributed by atoms with E-state index in [1.54, 1.807) is 12.1 Å². The second-order valence-corrected chi connectivity index (χ2v) is 8.12. The lowest BCUT2D eigenvalue weighted by atomic mass is 10.1. The number of ether oxygens (including phenoxy) is 2. The Morgan fingerprint density at radius 3 is 2.72 bits per heavy atom. The van der Waals surface area contributed by atoms with Crippen LogP contribution in [0.15, 0.2) is 60.7 Å². The molecule has 3 aromatic carbocycles. The lowest BCUT2D eigenvalue weighted by Gasteiger charge is -2.15. The molecule has 0 unspecified atom stereocenters. The fourth-order valence-electron chi connectivity index (χ4n) is 3.23. The Bertz CT molecular complexity index is 1330. The molecule has 0 saturated heterocycles. The number of H-pyrrole nitrogens is 1. The van der Waals surface area contributed by atoms with Gasteiger partial charge in [-0.2, -0.15) is 5.26 Å². The fourth-order valence-corrected chi connectivity index (χ4v) is 4.01. The molecule has 5 nitrogen and oxygen atoms in total. The minimum Gasteiger partial charge on any atom is -0.490 e. The molecule has 32 heavy (non-hydrogen) atoms. The number of nitrogens with one attached hydrogen (secondary N) is 1. The molecule has 4 aromatic rings. The molecule has 1 aromatic heterocycles. The molecule has 0 spiro atoms. The van der Waals surface area contributed by atoms with Gasteiger partial charge in [-0.1, -0.05) is 30.3 Å². The monoisotopic (exact) mass is 539 g/mol. The number of hydrogen-bond acceptors (Lipinski definition) is 4. The molecule has 4 rings (SSSR count). The van der Waals surface area contributed by atoms with E-state index in [1.807, 2.05) is 49.4 Å². The van der Waals surface area contributed by atoms with Gasteiger partial charge in [0.2, 0.25) is 0 Å². The molecule has 0 aliphatic heterocycles. The highest BCUT2D eigenvalue weighted by atomic mass is 127. The highest BCUT2D eigenvalue weighted by Crippen LogP contribution is 2.36. The maximum absolute atomic E-state index is 13.5. The van der Waals surface area contributed by atoms with E-state index < -0.39 is 0 Å². The first-order valence-electron chi connectivity index (χ1n) is 9.98. The third-order valence-corrected chi connectivity index (χ3v) is 5.49. The van der Waals surface area contributed by atoms with Gasteiger partial charge in [0.15, 0.2) is 11.5 Å². The number of halogens is 2. The molecule has 0 amide bonds. The van der Waals surface area contributed by atoms with E-state index in [4.69, 9.17) is 9.47 Å². The number of allylic oxidation sites excluding steroid dienone is 1. The largest absolute Gasteiger partial charge is 0.490 e. The Morgan fingerprint density at radius 1 is 1.16 bits per heavy atom. The number of aromatic amines is 1. The van der Waals surface area contributed by atoms with Crippen LogP contribution in [0.5, 0.6) is 11.5 Å². The second kappa shape index (κ2) is 9.83. The Labute approximate surface area is 198 Å². The number of fused-ring (bicyclic) bond motifs is 1. The Morgan fingerprint density at radius 2 is 1.97 bits per heavy atom. The average Bonchev–Trinajstić information content (AvgIpc) is 3.20. The van der Waals surface area contributed by atoms with Crippen molar-refractivity contribution in [3.63, 3.8) is 0 Å². The summed E-state index contributed by atoms with van der Waals surface area (Å²) in [6.45, 7) is 2.81. The highest BCUT2D eigenvalue weighted by Gasteiger charge is 2.14. The van der Waals surface area contributed by atoms with Crippen molar-refractivity contribution in [2.24, 2.45) is 0 Å². The van der Waals surface area contributed by atoms with E-state index >= 15 is 0 Å². The summed E-state index contributed by atoms with van der Waals surface area (Å²) in [7, 11) is 0. The lowest BCUT2D eigenvalue weighted by Crippen LogP contribution is -2.02. The van der Waals surface area contributed by atoms with Crippen molar-refractivity contribution in [1.82, 2.24) is 9.97 Å². The lowest BCUT2D eigenvalue weighted by molar-refractivity contribution is 0.267. The number of nitrogens with zero attached hydrogens (tertiary/aromatic N) is 2. The van der Waals surface area contributed by atoms with Crippen LogP contribution in [-0.4, -0.2) is 16.6 Å². The zero-order valence-electron chi connectivity index (χ0n) is 17.2. The topological polar surface area (TPSA) is 70.9 Å². The summed E-state index contributed by atoms with van der Waals surface area (Å²) >= 11 is 2.20. The van der Waals surface area contributed by atoms with Crippen molar-refractivity contribution in [2.75, 3.05) is 6.61 Å². The molecule has 0 aliphatic rings. The van der Waals surface area contributed by atoms with E-state index in [1.165, 1.54) is 12.1 Å². The summed E-state index contributed by atoms with van der Waals surface area (Å²) in [5, 5.41) is 9.72. The summed E-state index contributed by atoms with van der Waals surface area (Å²) in [6.07, 6.45) is 1.72. The molecule has 160 valence electrons. The van der Waals surface area contributed by atoms with Gasteiger partial charge in [-0.25, -0.2) is 9.37 Å². The number of hydrogen-bond donors (Lipinski definition) is 1. The zero-order valence-corrected chi connectivity index (χ0v) is 19.4. The Balaban J connectivity index is 1.67. The minimum absolute atomic E-state index is 0.331. The predicted octanol–water partition coefficient (Wildman–Crippen LogP) is 6.35. The molecule has 0 aliphatic carbocycles. The molecule has 0 saturated carbocycles. The van der Waals surface area contributed by atoms with Crippen LogP contribution in [0.3, 0.4) is 0 Å². The minimum atomic E-state index is -0.364. The van der Waals surface area contributed by atoms with Crippen molar-refractivity contribution < 1.29 is 13.9 Å². The first-order valence-corrected chi connectivity index (χ1v) is 11.1. The second-order valence-electron chi connectivity index (χ2n) is 6.95. The van der Waals surface area contributed by atoms with Gasteiger partial charge in [-0.15, -0.1) is 0 Å². The maximum atomic E-state index is 13.5. The number of imidazole rings is 1. The molecule has 0 atom stereocenters. The van der Waals surface area contributed by atoms with Crippen molar-refractivity contribution in [2.45, 2.75) is 13.5 Å². The summed E-state index contributed by atoms with van der Waals surface area (Å²) in [5.74, 6) is 1.28. The third-order valence-electron chi connectivity index (χ3n) is 4.69. The first kappa shape index (κ1) is 21.8. The van der Waals surface area contributed by atoms with Gasteiger partial charge in [0, 0.05) is 0 Å². The predicted molar refractivity (Wildman–Crippen MR) is 131 cm³/mol. The number of rotatable bonds is 7. The van der Waals surface area contributed by atoms with Crippen molar-refractivity contribution >= 4 is 45.3 Å². The van der Waals surface area contributed by atoms with Gasteiger partial charge in [0.25, 0.3) is 0 Å². The average molecular weight is 539 g/mol. The molecule has 1 N–H and O–H groups in total. The van der Waals surface area contributed by atoms with Gasteiger partial charge in [0.05, 0.1) is 26.8 Å². The molecule has 0 radical (unpaired) electrons. The number of benzene rings is 3. The summed E-state index contributed by atoms with van der Waals surface area (Å²) in [4.78, 5) is 7.42. The van der Waals surface area contributed by atoms with E-state index in [0.29, 0.717) is 47.1 Å². The van der Waals surface area contributed by atoms with Crippen LogP contribution in [0.4, 0.5) is 4.39 Å². The van der Waals surface area contributed by atoms with Gasteiger partial charge < -0.3 is 14.5 Å². The van der Waals surface area contributed by atoms with Crippen LogP contribution in [0.1, 0.15) is 23.9 Å². The third kappa shape index (κ3) is 4.92. The zero-order chi connectivity index (χ0) is 22.5. The molecule has 0 fully saturated rings. The van der Waals surface area contributed by atoms with Crippen molar-refractivity contribution in [1.29, 1.82) is 5.26 Å². The van der Waals surface area contributed by atoms with Crippen LogP contribution in [0.2, 0.25) is 0 Å². The molecular formula is C25H19FIN3O2. The highest BCUT2D eigenvalue weighted by molar-refractivity contribution is 14.1. The number of aromatic nitrogens is 2. The molecular weight excluding hydrogens is 520 g/mol. The van der Waals surface area contributed by atoms with Crippen LogP contribution in [0.25, 0.3) is 22.7 Å². The van der Waals surface area contributed by atoms with Crippen LogP contribution < -0.4 is 9.47 Å². The van der Waals surface area contributed by atoms with Crippen molar-refractivity contribution in [3.05, 3.63) is 87.0 Å². The van der Waals surface area contributed by atoms with Gasteiger partial charge in [0.1, 0.15) is 24.3 Å². The quantitative estimate of drug-likeness (QED) is 0.220. The normalized spacial score (nSPS) is 11.4. The van der Waals surface area contributed by atoms with Crippen LogP contribution in [-0.2, 0) is 6.61 Å². The summed E-state index contributed by atoms with van der Waals surface area (Å²) in [6, 6.07) is 20.1. The van der Waals surface area contributed by atoms with Crippen LogP contribution in [0, 0.1) is 20.7 Å². The summed E-state index contributed by atoms with van der Waals surface area (Å²) < 4.78 is 26.2. The SMILES string of the molecule is CCOc1cc(/C=C(/C#N)c2nc3ccc(F)cc3[nH]2)cc(I)c1OCc1ccccc1. The Kier molecular flexibility index (Phi) is 6.71. The van der Waals surface area contributed by atoms with Gasteiger partial charge in [-0.05, 0) is 77.0 Å². The fraction of sp³-hybridized carbons (Fsp3) is 0.120. The maximum Gasteiger partial charge on any atom is 0.175 e. The first-order chi connectivity index (χ1) is 15.6. The van der Waals surface area contributed by atoms with E-state index in [2.05, 4.69) is 38.6 Å². The van der Waals surface area contributed by atoms with E-state index in [9.17, 15) is 9.65 Å². The van der Waals surface area contributed by atoms with Gasteiger partial charge in [-0.3, -0.25) is 0 Å². The van der Waals surface area contributed by atoms with Gasteiger partial charge >= 0.3 is 0 Å². The van der Waals surface area contributed by atoms with E-state index in [0.717, 1.165) is 14.7 Å². The molecule has 1 heterocycles. The Hall–Kier alpha value is -3.38. The smallest absolute Gasteiger partial charge is 0.175 e. The molecule has 7 heteroatoms. The van der Waals surface area contributed by atoms with E-state index in [-0.39, 0.29) is 5.82 Å². The van der Waals surface area contributed by atoms with Crippen molar-refractivity contribution in [3.8, 4) is 17.6 Å². The number of nitriles is 1. The standard InChI is InChI=1S/C25H19FIN3O2/c1-2-31-23-12-17(11-20(27)24(23)32-15-16-6-4-3-5-7-16)10-18(14-28)25-29-21-9-8-19(26)13-22(21)30-25/h3-13H,2,15H2,1H3,(H,29,30)/b18-10-.